The third-order valence-corrected chi connectivity index (χ3v) is 9.48. The highest BCUT2D eigenvalue weighted by Crippen LogP contribution is 2.34. The van der Waals surface area contributed by atoms with Gasteiger partial charge in [0.05, 0.1) is 27.5 Å². The zero-order valence-corrected chi connectivity index (χ0v) is 28.5. The van der Waals surface area contributed by atoms with Crippen molar-refractivity contribution in [3.63, 3.8) is 0 Å². The van der Waals surface area contributed by atoms with Crippen molar-refractivity contribution in [3.05, 3.63) is 143 Å². The number of halogens is 2. The highest BCUT2D eigenvalue weighted by molar-refractivity contribution is 6.34. The third kappa shape index (κ3) is 9.19. The number of rotatable bonds is 12. The summed E-state index contributed by atoms with van der Waals surface area (Å²) in [7, 11) is 0. The number of urea groups is 2. The number of nitrogens with zero attached hydrogens (tertiary/aromatic N) is 2. The van der Waals surface area contributed by atoms with Gasteiger partial charge in [0, 0.05) is 31.6 Å². The first-order valence-electron chi connectivity index (χ1n) is 16.5. The fourth-order valence-corrected chi connectivity index (χ4v) is 6.78. The smallest absolute Gasteiger partial charge is 0.325 e. The van der Waals surface area contributed by atoms with Crippen LogP contribution < -0.4 is 21.3 Å². The molecule has 4 aromatic rings. The number of carbonyl (C=O) groups excluding carboxylic acids is 2. The van der Waals surface area contributed by atoms with Gasteiger partial charge in [-0.05, 0) is 60.2 Å². The van der Waals surface area contributed by atoms with Gasteiger partial charge >= 0.3 is 12.1 Å². The van der Waals surface area contributed by atoms with E-state index in [4.69, 9.17) is 28.9 Å². The van der Waals surface area contributed by atoms with Crippen LogP contribution in [0.15, 0.2) is 121 Å². The Hall–Kier alpha value is -4.30. The quantitative estimate of drug-likeness (QED) is 0.130. The number of amides is 4. The Morgan fingerprint density at radius 1 is 0.812 bits per heavy atom. The molecule has 4 aromatic carbocycles. The molecule has 1 aliphatic carbocycles. The molecule has 0 unspecified atom stereocenters. The van der Waals surface area contributed by atoms with E-state index in [2.05, 4.69) is 41.5 Å². The van der Waals surface area contributed by atoms with E-state index < -0.39 is 6.03 Å². The second kappa shape index (κ2) is 17.2. The second-order valence-electron chi connectivity index (χ2n) is 12.2. The van der Waals surface area contributed by atoms with Gasteiger partial charge in [0.1, 0.15) is 0 Å². The van der Waals surface area contributed by atoms with Crippen LogP contribution in [-0.4, -0.2) is 48.7 Å². The standard InChI is InChI=1S/C39H43Cl2N5O2/c1-28(26-43-38(47)44-35-21-11-8-18-32(35)40)27-45(25-24-31(29-14-4-2-5-15-29)30-16-6-3-7-17-30)39(48)46(36-22-12-9-19-33(36)41)37-23-13-10-20-34(37)42/h2-9,11-12,14-19,21-22,31,34,37H,1,10,13,20,23-27,42H2,(H2,43,44,47)/t34-,37-/m1/s1. The van der Waals surface area contributed by atoms with Crippen molar-refractivity contribution in [2.24, 2.45) is 5.73 Å². The Morgan fingerprint density at radius 2 is 1.40 bits per heavy atom. The molecule has 0 radical (unpaired) electrons. The lowest BCUT2D eigenvalue weighted by Gasteiger charge is -2.41. The van der Waals surface area contributed by atoms with Crippen molar-refractivity contribution < 1.29 is 9.59 Å². The number of nitrogens with two attached hydrogens (primary N) is 1. The van der Waals surface area contributed by atoms with Crippen LogP contribution in [0.5, 0.6) is 0 Å². The van der Waals surface area contributed by atoms with Gasteiger partial charge in [-0.3, -0.25) is 4.90 Å². The van der Waals surface area contributed by atoms with Crippen LogP contribution in [0.25, 0.3) is 0 Å². The lowest BCUT2D eigenvalue weighted by molar-refractivity contribution is 0.200. The van der Waals surface area contributed by atoms with Crippen molar-refractivity contribution in [1.29, 1.82) is 0 Å². The zero-order chi connectivity index (χ0) is 33.9. The summed E-state index contributed by atoms with van der Waals surface area (Å²) in [6, 6.07) is 34.2. The highest BCUT2D eigenvalue weighted by atomic mass is 35.5. The van der Waals surface area contributed by atoms with E-state index in [0.29, 0.717) is 40.0 Å². The number of hydrogen-bond donors (Lipinski definition) is 3. The first-order chi connectivity index (χ1) is 23.3. The van der Waals surface area contributed by atoms with E-state index in [-0.39, 0.29) is 37.1 Å². The first-order valence-corrected chi connectivity index (χ1v) is 17.2. The Morgan fingerprint density at radius 3 is 2.02 bits per heavy atom. The van der Waals surface area contributed by atoms with Gasteiger partial charge < -0.3 is 21.3 Å². The number of nitrogens with one attached hydrogen (secondary N) is 2. The lowest BCUT2D eigenvalue weighted by atomic mass is 9.88. The molecule has 0 bridgehead atoms. The summed E-state index contributed by atoms with van der Waals surface area (Å²) >= 11 is 13.0. The minimum atomic E-state index is -0.416. The lowest BCUT2D eigenvalue weighted by Crippen LogP contribution is -2.56. The molecule has 2 atom stereocenters. The largest absolute Gasteiger partial charge is 0.334 e. The summed E-state index contributed by atoms with van der Waals surface area (Å²) in [5.41, 5.74) is 10.9. The molecular formula is C39H43Cl2N5O2. The molecule has 0 saturated heterocycles. The Labute approximate surface area is 293 Å². The molecule has 4 N–H and O–H groups in total. The average Bonchev–Trinajstić information content (AvgIpc) is 3.10. The molecule has 4 amide bonds. The number of benzene rings is 4. The van der Waals surface area contributed by atoms with Crippen LogP contribution in [0.2, 0.25) is 10.0 Å². The van der Waals surface area contributed by atoms with Gasteiger partial charge in [-0.2, -0.15) is 0 Å². The number of carbonyl (C=O) groups is 2. The SMILES string of the molecule is C=C(CNC(=O)Nc1ccccc1Cl)CN(CCC(c1ccccc1)c1ccccc1)C(=O)N(c1ccccc1Cl)[C@@H]1CCCC[C@H]1N. The highest BCUT2D eigenvalue weighted by Gasteiger charge is 2.36. The Bertz CT molecular complexity index is 1630. The van der Waals surface area contributed by atoms with Gasteiger partial charge in [0.25, 0.3) is 0 Å². The molecule has 48 heavy (non-hydrogen) atoms. The van der Waals surface area contributed by atoms with Gasteiger partial charge in [-0.25, -0.2) is 9.59 Å². The summed E-state index contributed by atoms with van der Waals surface area (Å²) < 4.78 is 0. The van der Waals surface area contributed by atoms with Crippen LogP contribution in [-0.2, 0) is 0 Å². The minimum Gasteiger partial charge on any atom is -0.334 e. The molecule has 0 heterocycles. The van der Waals surface area contributed by atoms with E-state index in [0.717, 1.165) is 25.7 Å². The fourth-order valence-electron chi connectivity index (χ4n) is 6.37. The van der Waals surface area contributed by atoms with E-state index in [1.165, 1.54) is 11.1 Å². The maximum atomic E-state index is 14.9. The maximum Gasteiger partial charge on any atom is 0.325 e. The van der Waals surface area contributed by atoms with Crippen LogP contribution in [0.4, 0.5) is 21.0 Å². The molecule has 5 rings (SSSR count). The number of anilines is 2. The van der Waals surface area contributed by atoms with Gasteiger partial charge in [0.15, 0.2) is 0 Å². The molecular weight excluding hydrogens is 641 g/mol. The van der Waals surface area contributed by atoms with E-state index in [1.807, 2.05) is 59.5 Å². The summed E-state index contributed by atoms with van der Waals surface area (Å²) in [5.74, 6) is 0.0567. The molecule has 1 saturated carbocycles. The van der Waals surface area contributed by atoms with Gasteiger partial charge in [-0.1, -0.05) is 128 Å². The fraction of sp³-hybridized carbons (Fsp3) is 0.282. The molecule has 1 aliphatic rings. The molecule has 1 fully saturated rings. The predicted octanol–water partition coefficient (Wildman–Crippen LogP) is 9.09. The topological polar surface area (TPSA) is 90.7 Å². The average molecular weight is 685 g/mol. The predicted molar refractivity (Wildman–Crippen MR) is 198 cm³/mol. The van der Waals surface area contributed by atoms with Crippen LogP contribution in [0, 0.1) is 0 Å². The van der Waals surface area contributed by atoms with Crippen LogP contribution >= 0.6 is 23.2 Å². The van der Waals surface area contributed by atoms with E-state index in [9.17, 15) is 9.59 Å². The van der Waals surface area contributed by atoms with E-state index >= 15 is 0 Å². The molecule has 0 spiro atoms. The maximum absolute atomic E-state index is 14.9. The molecule has 0 aromatic heterocycles. The van der Waals surface area contributed by atoms with Crippen molar-refractivity contribution in [1.82, 2.24) is 10.2 Å². The van der Waals surface area contributed by atoms with E-state index in [1.54, 1.807) is 35.2 Å². The number of para-hydroxylation sites is 2. The Balaban J connectivity index is 1.41. The number of hydrogen-bond acceptors (Lipinski definition) is 3. The van der Waals surface area contributed by atoms with Crippen LogP contribution in [0.3, 0.4) is 0 Å². The van der Waals surface area contributed by atoms with Crippen molar-refractivity contribution in [3.8, 4) is 0 Å². The normalized spacial score (nSPS) is 15.8. The zero-order valence-electron chi connectivity index (χ0n) is 27.0. The summed E-state index contributed by atoms with van der Waals surface area (Å²) in [6.07, 6.45) is 4.29. The molecule has 7 nitrogen and oxygen atoms in total. The second-order valence-corrected chi connectivity index (χ2v) is 13.1. The summed E-state index contributed by atoms with van der Waals surface area (Å²) in [6.45, 7) is 5.08. The molecule has 250 valence electrons. The minimum absolute atomic E-state index is 0.0567. The summed E-state index contributed by atoms with van der Waals surface area (Å²) in [4.78, 5) is 31.2. The third-order valence-electron chi connectivity index (χ3n) is 8.83. The monoisotopic (exact) mass is 683 g/mol. The Kier molecular flexibility index (Phi) is 12.5. The first kappa shape index (κ1) is 35.0. The molecule has 0 aliphatic heterocycles. The van der Waals surface area contributed by atoms with Crippen molar-refractivity contribution in [2.45, 2.75) is 50.1 Å². The van der Waals surface area contributed by atoms with Crippen LogP contribution in [0.1, 0.15) is 49.1 Å². The van der Waals surface area contributed by atoms with Crippen molar-refractivity contribution >= 4 is 46.6 Å². The summed E-state index contributed by atoms with van der Waals surface area (Å²) in [5, 5.41) is 6.56. The van der Waals surface area contributed by atoms with Crippen molar-refractivity contribution in [2.75, 3.05) is 29.9 Å². The molecule has 9 heteroatoms. The van der Waals surface area contributed by atoms with Gasteiger partial charge in [-0.15, -0.1) is 0 Å². The van der Waals surface area contributed by atoms with Gasteiger partial charge in [0.2, 0.25) is 0 Å².